The molecule has 2 aliphatic heterocycles. The van der Waals surface area contributed by atoms with Gasteiger partial charge in [0.15, 0.2) is 7.14 Å². The van der Waals surface area contributed by atoms with Crippen LogP contribution in [-0.2, 0) is 4.57 Å². The van der Waals surface area contributed by atoms with Gasteiger partial charge in [0.2, 0.25) is 6.71 Å². The molecule has 0 bridgehead atoms. The fraction of sp³-hybridized carbons (Fsp3) is 0. The summed E-state index contributed by atoms with van der Waals surface area (Å²) in [6, 6.07) is 44.5. The van der Waals surface area contributed by atoms with Crippen molar-refractivity contribution in [3.05, 3.63) is 156 Å². The predicted molar refractivity (Wildman–Crippen MR) is 165 cm³/mol. The fourth-order valence-corrected chi connectivity index (χ4v) is 9.94. The first-order chi connectivity index (χ1) is 19.3. The Kier molecular flexibility index (Phi) is 4.93. The van der Waals surface area contributed by atoms with Crippen LogP contribution >= 0.6 is 7.14 Å². The van der Waals surface area contributed by atoms with Crippen LogP contribution in [0.5, 0.6) is 0 Å². The van der Waals surface area contributed by atoms with Crippen molar-refractivity contribution >= 4 is 62.5 Å². The molecule has 1 atom stereocenters. The zero-order valence-electron chi connectivity index (χ0n) is 21.2. The molecule has 39 heavy (non-hydrogen) atoms. The average molecular weight is 515 g/mol. The summed E-state index contributed by atoms with van der Waals surface area (Å²) >= 11 is 0. The Hall–Kier alpha value is -4.46. The molecule has 0 spiro atoms. The van der Waals surface area contributed by atoms with E-state index in [0.29, 0.717) is 0 Å². The first-order valence-corrected chi connectivity index (χ1v) is 15.0. The van der Waals surface area contributed by atoms with Crippen molar-refractivity contribution in [2.24, 2.45) is 0 Å². The average Bonchev–Trinajstić information content (AvgIpc) is 3.31. The zero-order chi connectivity index (χ0) is 26.0. The normalized spacial score (nSPS) is 17.3. The van der Waals surface area contributed by atoms with Crippen LogP contribution in [0.3, 0.4) is 0 Å². The molecule has 0 radical (unpaired) electrons. The number of benzene rings is 5. The van der Waals surface area contributed by atoms with E-state index < -0.39 is 7.14 Å². The molecule has 0 N–H and O–H groups in total. The fourth-order valence-electron chi connectivity index (χ4n) is 6.71. The molecule has 5 aromatic carbocycles. The van der Waals surface area contributed by atoms with Gasteiger partial charge >= 0.3 is 0 Å². The van der Waals surface area contributed by atoms with Gasteiger partial charge in [-0.3, -0.25) is 4.98 Å². The van der Waals surface area contributed by atoms with Gasteiger partial charge in [0.05, 0.1) is 0 Å². The Bertz CT molecular complexity index is 2000. The SMILES string of the molecule is O=P1(c2ccncc2)c2ccccc2C2=C(B(c3ccccc3)c3ccccc32)c2ccc3ccccc3c21. The summed E-state index contributed by atoms with van der Waals surface area (Å²) in [6.45, 7) is 0.0364. The van der Waals surface area contributed by atoms with Crippen LogP contribution in [0.4, 0.5) is 0 Å². The van der Waals surface area contributed by atoms with Crippen molar-refractivity contribution < 1.29 is 4.57 Å². The van der Waals surface area contributed by atoms with Gasteiger partial charge in [-0.2, -0.15) is 0 Å². The second kappa shape index (κ2) is 8.53. The maximum Gasteiger partial charge on any atom is 0.243 e. The van der Waals surface area contributed by atoms with Gasteiger partial charge in [-0.15, -0.1) is 0 Å². The quantitative estimate of drug-likeness (QED) is 0.231. The van der Waals surface area contributed by atoms with Crippen LogP contribution in [0.25, 0.3) is 21.8 Å². The molecular formula is C35H23BNOP. The lowest BCUT2D eigenvalue weighted by Crippen LogP contribution is -2.42. The monoisotopic (exact) mass is 515 g/mol. The molecule has 0 fully saturated rings. The molecule has 0 saturated carbocycles. The molecule has 2 nitrogen and oxygen atoms in total. The van der Waals surface area contributed by atoms with Crippen molar-refractivity contribution in [3.63, 3.8) is 0 Å². The van der Waals surface area contributed by atoms with E-state index in [1.54, 1.807) is 12.4 Å². The third-order valence-corrected chi connectivity index (χ3v) is 11.5. The van der Waals surface area contributed by atoms with Crippen molar-refractivity contribution in [2.75, 3.05) is 0 Å². The number of nitrogens with zero attached hydrogens (tertiary/aromatic N) is 1. The van der Waals surface area contributed by atoms with Crippen LogP contribution in [0, 0.1) is 0 Å². The molecule has 4 heteroatoms. The number of hydrogen-bond acceptors (Lipinski definition) is 2. The number of aromatic nitrogens is 1. The third kappa shape index (κ3) is 3.11. The lowest BCUT2D eigenvalue weighted by atomic mass is 9.37. The standard InChI is InChI=1S/C35H23BNOP/c38-39(26-20-22-37-23-21-26)32-17-9-7-15-29(32)33-28-14-6-8-16-31(28)36(25-11-2-1-3-12-25)34(33)30-19-18-24-10-4-5-13-27(24)35(30)39/h1-23H. The maximum atomic E-state index is 16.0. The minimum Gasteiger partial charge on any atom is -0.309 e. The summed E-state index contributed by atoms with van der Waals surface area (Å²) < 4.78 is 16.0. The highest BCUT2D eigenvalue weighted by Crippen LogP contribution is 2.53. The molecule has 0 aliphatic carbocycles. The molecule has 6 aromatic rings. The number of hydrogen-bond donors (Lipinski definition) is 0. The Balaban J connectivity index is 1.61. The second-order valence-electron chi connectivity index (χ2n) is 10.2. The van der Waals surface area contributed by atoms with Crippen molar-refractivity contribution in [2.45, 2.75) is 0 Å². The van der Waals surface area contributed by atoms with Gasteiger partial charge in [-0.1, -0.05) is 132 Å². The smallest absolute Gasteiger partial charge is 0.243 e. The van der Waals surface area contributed by atoms with Gasteiger partial charge in [-0.05, 0) is 45.2 Å². The number of pyridine rings is 1. The summed E-state index contributed by atoms with van der Waals surface area (Å²) in [6.07, 6.45) is 3.52. The Labute approximate surface area is 228 Å². The molecule has 2 aliphatic rings. The lowest BCUT2D eigenvalue weighted by Gasteiger charge is -2.25. The van der Waals surface area contributed by atoms with Crippen LogP contribution < -0.4 is 26.8 Å². The molecular weight excluding hydrogens is 492 g/mol. The molecule has 0 saturated heterocycles. The first-order valence-electron chi connectivity index (χ1n) is 13.3. The Morgan fingerprint density at radius 1 is 0.590 bits per heavy atom. The first kappa shape index (κ1) is 22.5. The molecule has 1 unspecified atom stereocenters. The Morgan fingerprint density at radius 2 is 1.28 bits per heavy atom. The summed E-state index contributed by atoms with van der Waals surface area (Å²) in [5.74, 6) is 0. The van der Waals surface area contributed by atoms with Crippen LogP contribution in [0.2, 0.25) is 0 Å². The second-order valence-corrected chi connectivity index (χ2v) is 12.9. The van der Waals surface area contributed by atoms with E-state index in [4.69, 9.17) is 0 Å². The minimum absolute atomic E-state index is 0.0364. The van der Waals surface area contributed by atoms with Crippen LogP contribution in [-0.4, -0.2) is 11.7 Å². The predicted octanol–water partition coefficient (Wildman–Crippen LogP) is 5.31. The molecule has 8 rings (SSSR count). The van der Waals surface area contributed by atoms with Crippen molar-refractivity contribution in [1.82, 2.24) is 4.98 Å². The highest BCUT2D eigenvalue weighted by molar-refractivity contribution is 7.86. The van der Waals surface area contributed by atoms with Gasteiger partial charge in [0.1, 0.15) is 0 Å². The minimum atomic E-state index is -3.30. The van der Waals surface area contributed by atoms with Gasteiger partial charge in [0.25, 0.3) is 0 Å². The highest BCUT2D eigenvalue weighted by atomic mass is 31.2. The number of fused-ring (bicyclic) bond motifs is 8. The summed E-state index contributed by atoms with van der Waals surface area (Å²) in [5, 5.41) is 4.77. The Morgan fingerprint density at radius 3 is 2.13 bits per heavy atom. The van der Waals surface area contributed by atoms with Gasteiger partial charge < -0.3 is 4.57 Å². The zero-order valence-corrected chi connectivity index (χ0v) is 22.1. The van der Waals surface area contributed by atoms with E-state index in [1.807, 2.05) is 18.2 Å². The summed E-state index contributed by atoms with van der Waals surface area (Å²) in [4.78, 5) is 4.28. The molecule has 3 heterocycles. The van der Waals surface area contributed by atoms with Crippen molar-refractivity contribution in [1.29, 1.82) is 0 Å². The van der Waals surface area contributed by atoms with Gasteiger partial charge in [0, 0.05) is 28.3 Å². The van der Waals surface area contributed by atoms with E-state index in [2.05, 4.69) is 114 Å². The highest BCUT2D eigenvalue weighted by Gasteiger charge is 2.45. The van der Waals surface area contributed by atoms with Crippen molar-refractivity contribution in [3.8, 4) is 0 Å². The van der Waals surface area contributed by atoms with E-state index in [0.717, 1.165) is 37.8 Å². The summed E-state index contributed by atoms with van der Waals surface area (Å²) in [5.41, 5.74) is 8.32. The maximum absolute atomic E-state index is 16.0. The third-order valence-electron chi connectivity index (χ3n) is 8.28. The summed E-state index contributed by atoms with van der Waals surface area (Å²) in [7, 11) is -3.30. The lowest BCUT2D eigenvalue weighted by molar-refractivity contribution is 0.592. The molecule has 182 valence electrons. The van der Waals surface area contributed by atoms with E-state index in [1.165, 1.54) is 27.5 Å². The molecule has 1 aromatic heterocycles. The van der Waals surface area contributed by atoms with Gasteiger partial charge in [-0.25, -0.2) is 0 Å². The largest absolute Gasteiger partial charge is 0.309 e. The number of rotatable bonds is 2. The van der Waals surface area contributed by atoms with Crippen LogP contribution in [0.15, 0.2) is 140 Å². The topological polar surface area (TPSA) is 30.0 Å². The van der Waals surface area contributed by atoms with E-state index >= 15 is 4.57 Å². The van der Waals surface area contributed by atoms with E-state index in [9.17, 15) is 0 Å². The van der Waals surface area contributed by atoms with E-state index in [-0.39, 0.29) is 6.71 Å². The van der Waals surface area contributed by atoms with Crippen LogP contribution in [0.1, 0.15) is 16.7 Å². The molecule has 0 amide bonds.